The molecule has 0 atom stereocenters. The van der Waals surface area contributed by atoms with Gasteiger partial charge >= 0.3 is 64.9 Å². The molecule has 0 spiro atoms. The zero-order valence-corrected chi connectivity index (χ0v) is 12.4. The Bertz CT molecular complexity index is 242. The van der Waals surface area contributed by atoms with Gasteiger partial charge in [-0.1, -0.05) is 0 Å². The molecule has 0 radical (unpaired) electrons. The van der Waals surface area contributed by atoms with E-state index in [2.05, 4.69) is 6.07 Å². The number of carbonyl (C=O) groups excluding carboxylic acids is 1. The summed E-state index contributed by atoms with van der Waals surface area (Å²) < 4.78 is 1.41. The van der Waals surface area contributed by atoms with Gasteiger partial charge in [0.25, 0.3) is 0 Å². The van der Waals surface area contributed by atoms with E-state index in [-0.39, 0.29) is 0 Å². The van der Waals surface area contributed by atoms with Gasteiger partial charge in [-0.2, -0.15) is 0 Å². The van der Waals surface area contributed by atoms with Crippen molar-refractivity contribution in [2.45, 2.75) is 6.92 Å². The summed E-state index contributed by atoms with van der Waals surface area (Å²) in [5, 5.41) is 8.89. The van der Waals surface area contributed by atoms with Gasteiger partial charge in [0, 0.05) is 5.97 Å². The van der Waals surface area contributed by atoms with Crippen LogP contribution in [0.5, 0.6) is 0 Å². The van der Waals surface area contributed by atoms with Crippen molar-refractivity contribution >= 4 is 14.7 Å². The Morgan fingerprint density at radius 3 is 2.33 bits per heavy atom. The molecule has 0 aromatic heterocycles. The first-order valence-electron chi connectivity index (χ1n) is 3.37. The summed E-state index contributed by atoms with van der Waals surface area (Å²) >= 11 is 0.720. The van der Waals surface area contributed by atoms with Gasteiger partial charge in [0.05, 0.1) is 0 Å². The number of rotatable bonds is 0. The molecule has 1 aromatic rings. The molecule has 1 aromatic carbocycles. The standard InChI is InChI=1S/C6H6N.C2H4O2.Hg/c7-6-4-2-1-3-5-6;1-2(3)4;/h1-2,4-5H,7H2;1H3,(H,3,4);/q;;+1/p-1. The number of anilines is 1. The Balaban J connectivity index is 0.000000261. The van der Waals surface area contributed by atoms with Gasteiger partial charge in [-0.05, 0) is 6.92 Å². The monoisotopic (exact) mass is 353 g/mol. The van der Waals surface area contributed by atoms with Gasteiger partial charge in [-0.15, -0.1) is 0 Å². The average molecular weight is 352 g/mol. The molecule has 0 amide bonds. The summed E-state index contributed by atoms with van der Waals surface area (Å²) in [6, 6.07) is 8.05. The first-order chi connectivity index (χ1) is 5.52. The van der Waals surface area contributed by atoms with E-state index in [0.717, 1.165) is 38.7 Å². The Kier molecular flexibility index (Phi) is 5.71. The molecule has 4 heteroatoms. The predicted octanol–water partition coefficient (Wildman–Crippen LogP) is -0.803. The summed E-state index contributed by atoms with van der Waals surface area (Å²) in [4.78, 5) is 8.89. The molecule has 2 N–H and O–H groups in total. The van der Waals surface area contributed by atoms with Crippen molar-refractivity contribution in [1.82, 2.24) is 0 Å². The Labute approximate surface area is 87.6 Å². The van der Waals surface area contributed by atoms with Crippen LogP contribution in [0.15, 0.2) is 24.3 Å². The number of benzene rings is 1. The van der Waals surface area contributed by atoms with E-state index in [0.29, 0.717) is 0 Å². The van der Waals surface area contributed by atoms with E-state index in [1.165, 1.54) is 3.07 Å². The normalized spacial score (nSPS) is 8.25. The molecule has 3 nitrogen and oxygen atoms in total. The van der Waals surface area contributed by atoms with Gasteiger partial charge in [0.1, 0.15) is 0 Å². The Hall–Kier alpha value is -0.575. The van der Waals surface area contributed by atoms with Crippen LogP contribution in [0, 0.1) is 0 Å². The summed E-state index contributed by atoms with van der Waals surface area (Å²) in [7, 11) is 0. The van der Waals surface area contributed by atoms with E-state index in [9.17, 15) is 0 Å². The second-order valence-electron chi connectivity index (χ2n) is 2.24. The molecule has 1 rings (SSSR count). The number of carbonyl (C=O) groups is 1. The van der Waals surface area contributed by atoms with E-state index < -0.39 is 5.97 Å². The van der Waals surface area contributed by atoms with Crippen LogP contribution in [0.1, 0.15) is 6.92 Å². The molecular formula is C8H9HgNO2. The van der Waals surface area contributed by atoms with Gasteiger partial charge in [-0.3, -0.25) is 0 Å². The fraction of sp³-hybridized carbons (Fsp3) is 0.125. The third-order valence-electron chi connectivity index (χ3n) is 0.951. The summed E-state index contributed by atoms with van der Waals surface area (Å²) in [6.45, 7) is 0.972. The summed E-state index contributed by atoms with van der Waals surface area (Å²) in [6.07, 6.45) is 0. The first kappa shape index (κ1) is 11.4. The van der Waals surface area contributed by atoms with Gasteiger partial charge in [0.2, 0.25) is 0 Å². The van der Waals surface area contributed by atoms with Crippen molar-refractivity contribution in [2.75, 3.05) is 5.73 Å². The van der Waals surface area contributed by atoms with E-state index in [1.54, 1.807) is 0 Å². The second kappa shape index (κ2) is 6.00. The van der Waals surface area contributed by atoms with Crippen LogP contribution in [0.25, 0.3) is 0 Å². The molecular weight excluding hydrogens is 343 g/mol. The van der Waals surface area contributed by atoms with Gasteiger partial charge in [-0.25, -0.2) is 0 Å². The van der Waals surface area contributed by atoms with Crippen molar-refractivity contribution in [3.63, 3.8) is 0 Å². The zero-order valence-electron chi connectivity index (χ0n) is 6.91. The zero-order chi connectivity index (χ0) is 9.56. The SMILES string of the molecule is CC(=O)[O-].Nc1ccc[c]([Hg+])c1. The quantitative estimate of drug-likeness (QED) is 0.491. The van der Waals surface area contributed by atoms with Crippen LogP contribution in [-0.4, -0.2) is 5.97 Å². The molecule has 0 bridgehead atoms. The molecule has 0 aliphatic rings. The van der Waals surface area contributed by atoms with Crippen LogP contribution in [0.4, 0.5) is 5.69 Å². The minimum atomic E-state index is -1.08. The van der Waals surface area contributed by atoms with Gasteiger partial charge < -0.3 is 9.90 Å². The average Bonchev–Trinajstić information content (AvgIpc) is 1.84. The maximum atomic E-state index is 8.89. The maximum absolute atomic E-state index is 8.89. The van der Waals surface area contributed by atoms with Gasteiger partial charge in [0.15, 0.2) is 0 Å². The van der Waals surface area contributed by atoms with Crippen molar-refractivity contribution in [3.8, 4) is 0 Å². The molecule has 0 aliphatic carbocycles. The fourth-order valence-corrected chi connectivity index (χ4v) is 2.04. The molecule has 0 saturated heterocycles. The van der Waals surface area contributed by atoms with Crippen LogP contribution in [0.3, 0.4) is 0 Å². The Morgan fingerprint density at radius 2 is 2.08 bits per heavy atom. The fourth-order valence-electron chi connectivity index (χ4n) is 0.593. The van der Waals surface area contributed by atoms with Crippen molar-refractivity contribution in [1.29, 1.82) is 0 Å². The van der Waals surface area contributed by atoms with Crippen LogP contribution < -0.4 is 13.9 Å². The second-order valence-corrected chi connectivity index (χ2v) is 5.41. The van der Waals surface area contributed by atoms with Crippen LogP contribution >= 0.6 is 0 Å². The molecule has 0 fully saturated rings. The van der Waals surface area contributed by atoms with E-state index in [4.69, 9.17) is 15.6 Å². The predicted molar refractivity (Wildman–Crippen MR) is 41.2 cm³/mol. The first-order valence-corrected chi connectivity index (χ1v) is 6.12. The van der Waals surface area contributed by atoms with Crippen molar-refractivity contribution in [2.24, 2.45) is 0 Å². The number of carboxylic acids is 1. The number of hydrogen-bond donors (Lipinski definition) is 1. The number of aliphatic carboxylic acids is 1. The van der Waals surface area contributed by atoms with E-state index in [1.807, 2.05) is 18.2 Å². The summed E-state index contributed by atoms with van der Waals surface area (Å²) in [5.41, 5.74) is 6.38. The van der Waals surface area contributed by atoms with Crippen LogP contribution in [-0.2, 0) is 30.9 Å². The summed E-state index contributed by atoms with van der Waals surface area (Å²) in [5.74, 6) is -1.08. The Morgan fingerprint density at radius 1 is 1.58 bits per heavy atom. The number of nitrogens with two attached hydrogens (primary N) is 1. The topological polar surface area (TPSA) is 66.1 Å². The molecule has 0 heterocycles. The number of carboxylic acid groups (broad SMARTS) is 1. The molecule has 12 heavy (non-hydrogen) atoms. The molecule has 60 valence electrons. The minimum absolute atomic E-state index is 0.720. The molecule has 0 saturated carbocycles. The van der Waals surface area contributed by atoms with Crippen molar-refractivity contribution in [3.05, 3.63) is 24.3 Å². The number of hydrogen-bond acceptors (Lipinski definition) is 3. The third kappa shape index (κ3) is 7.53. The third-order valence-corrected chi connectivity index (χ3v) is 2.66. The van der Waals surface area contributed by atoms with Crippen LogP contribution in [0.2, 0.25) is 0 Å². The molecule has 0 aliphatic heterocycles. The van der Waals surface area contributed by atoms with E-state index >= 15 is 0 Å². The number of nitrogen functional groups attached to an aromatic ring is 1. The molecule has 0 unspecified atom stereocenters. The van der Waals surface area contributed by atoms with Crippen molar-refractivity contribution < 1.29 is 36.0 Å².